The zero-order chi connectivity index (χ0) is 17.4. The van der Waals surface area contributed by atoms with Gasteiger partial charge in [0.1, 0.15) is 0 Å². The Morgan fingerprint density at radius 1 is 1.38 bits per heavy atom. The largest absolute Gasteiger partial charge is 0.341 e. The molecule has 0 saturated carbocycles. The maximum absolute atomic E-state index is 12.5. The van der Waals surface area contributed by atoms with E-state index in [0.717, 1.165) is 41.2 Å². The molecule has 0 aliphatic carbocycles. The highest BCUT2D eigenvalue weighted by molar-refractivity contribution is 6.31. The number of amides is 1. The Bertz CT molecular complexity index is 784. The first-order valence-electron chi connectivity index (χ1n) is 8.21. The van der Waals surface area contributed by atoms with E-state index in [0.29, 0.717) is 18.0 Å². The quantitative estimate of drug-likeness (QED) is 0.928. The number of hydrogen-bond acceptors (Lipinski definition) is 3. The third-order valence-corrected chi connectivity index (χ3v) is 5.15. The summed E-state index contributed by atoms with van der Waals surface area (Å²) in [6.07, 6.45) is 1.24. The number of nitrogens with zero attached hydrogens (tertiary/aromatic N) is 3. The molecule has 5 nitrogen and oxygen atoms in total. The molecule has 0 bridgehead atoms. The van der Waals surface area contributed by atoms with Gasteiger partial charge < -0.3 is 10.6 Å². The lowest BCUT2D eigenvalue weighted by Crippen LogP contribution is -2.33. The molecule has 1 aromatic carbocycles. The molecule has 0 radical (unpaired) electrons. The Labute approximate surface area is 147 Å². The average molecular weight is 347 g/mol. The number of nitrogens with two attached hydrogens (primary N) is 1. The average Bonchev–Trinajstić information content (AvgIpc) is 3.09. The highest BCUT2D eigenvalue weighted by Crippen LogP contribution is 2.23. The monoisotopic (exact) mass is 346 g/mol. The maximum atomic E-state index is 12.5. The lowest BCUT2D eigenvalue weighted by atomic mass is 10.1. The molecule has 0 unspecified atom stereocenters. The Morgan fingerprint density at radius 3 is 2.75 bits per heavy atom. The number of benzene rings is 1. The van der Waals surface area contributed by atoms with Gasteiger partial charge in [0.25, 0.3) is 0 Å². The van der Waals surface area contributed by atoms with Crippen molar-refractivity contribution < 1.29 is 4.79 Å². The number of hydrogen-bond donors (Lipinski definition) is 1. The van der Waals surface area contributed by atoms with E-state index in [1.165, 1.54) is 0 Å². The molecule has 1 fully saturated rings. The Kier molecular flexibility index (Phi) is 4.65. The summed E-state index contributed by atoms with van der Waals surface area (Å²) in [7, 11) is 0. The number of aryl methyl sites for hydroxylation is 2. The van der Waals surface area contributed by atoms with Crippen LogP contribution in [0.5, 0.6) is 0 Å². The van der Waals surface area contributed by atoms with Crippen molar-refractivity contribution in [2.24, 2.45) is 5.73 Å². The molecule has 1 aliphatic rings. The Balaban J connectivity index is 1.86. The first kappa shape index (κ1) is 17.0. The molecule has 3 rings (SSSR count). The summed E-state index contributed by atoms with van der Waals surface area (Å²) < 4.78 is 1.86. The third-order valence-electron chi connectivity index (χ3n) is 4.75. The highest BCUT2D eigenvalue weighted by Gasteiger charge is 2.25. The second-order valence-corrected chi connectivity index (χ2v) is 6.97. The van der Waals surface area contributed by atoms with Crippen LogP contribution in [0.25, 0.3) is 5.69 Å². The summed E-state index contributed by atoms with van der Waals surface area (Å²) in [5.41, 5.74) is 10.7. The molecule has 1 atom stereocenters. The van der Waals surface area contributed by atoms with Crippen LogP contribution in [0.3, 0.4) is 0 Å². The zero-order valence-electron chi connectivity index (χ0n) is 14.3. The minimum absolute atomic E-state index is 0.105. The van der Waals surface area contributed by atoms with E-state index in [4.69, 9.17) is 17.3 Å². The molecular formula is C18H23ClN4O. The molecule has 1 aromatic heterocycles. The summed E-state index contributed by atoms with van der Waals surface area (Å²) in [5, 5.41) is 5.32. The molecular weight excluding hydrogens is 324 g/mol. The summed E-state index contributed by atoms with van der Waals surface area (Å²) >= 11 is 6.23. The van der Waals surface area contributed by atoms with E-state index in [-0.39, 0.29) is 11.9 Å². The number of carbonyl (C=O) groups excluding carboxylic acids is 1. The molecule has 0 spiro atoms. The fourth-order valence-corrected chi connectivity index (χ4v) is 3.35. The summed E-state index contributed by atoms with van der Waals surface area (Å²) in [5.74, 6) is 0.121. The van der Waals surface area contributed by atoms with Gasteiger partial charge in [0, 0.05) is 35.4 Å². The van der Waals surface area contributed by atoms with Gasteiger partial charge in [-0.3, -0.25) is 4.79 Å². The van der Waals surface area contributed by atoms with Crippen molar-refractivity contribution in [1.29, 1.82) is 0 Å². The lowest BCUT2D eigenvalue weighted by Gasteiger charge is -2.15. The third kappa shape index (κ3) is 3.19. The van der Waals surface area contributed by atoms with Gasteiger partial charge in [0.05, 0.1) is 17.8 Å². The van der Waals surface area contributed by atoms with Crippen LogP contribution in [0, 0.1) is 20.8 Å². The Hall–Kier alpha value is -1.85. The summed E-state index contributed by atoms with van der Waals surface area (Å²) in [6.45, 7) is 7.31. The molecule has 2 N–H and O–H groups in total. The van der Waals surface area contributed by atoms with Gasteiger partial charge in [-0.1, -0.05) is 17.7 Å². The number of rotatable bonds is 3. The smallest absolute Gasteiger partial charge is 0.227 e. The molecule has 6 heteroatoms. The van der Waals surface area contributed by atoms with E-state index in [2.05, 4.69) is 5.10 Å². The number of likely N-dealkylation sites (tertiary alicyclic amines) is 1. The van der Waals surface area contributed by atoms with Gasteiger partial charge in [0.2, 0.25) is 5.91 Å². The molecule has 128 valence electrons. The van der Waals surface area contributed by atoms with Crippen molar-refractivity contribution in [3.8, 4) is 5.69 Å². The first-order chi connectivity index (χ1) is 11.4. The fourth-order valence-electron chi connectivity index (χ4n) is 3.17. The number of halogens is 1. The minimum atomic E-state index is 0.105. The molecule has 2 aromatic rings. The zero-order valence-corrected chi connectivity index (χ0v) is 15.1. The number of aromatic nitrogens is 2. The van der Waals surface area contributed by atoms with E-state index in [9.17, 15) is 4.79 Å². The van der Waals surface area contributed by atoms with Gasteiger partial charge in [-0.2, -0.15) is 5.10 Å². The molecule has 1 saturated heterocycles. The van der Waals surface area contributed by atoms with Crippen molar-refractivity contribution in [3.63, 3.8) is 0 Å². The van der Waals surface area contributed by atoms with Crippen LogP contribution in [0.15, 0.2) is 18.2 Å². The van der Waals surface area contributed by atoms with Gasteiger partial charge in [-0.15, -0.1) is 0 Å². The lowest BCUT2D eigenvalue weighted by molar-refractivity contribution is -0.129. The van der Waals surface area contributed by atoms with Crippen molar-refractivity contribution in [3.05, 3.63) is 45.7 Å². The fraction of sp³-hybridized carbons (Fsp3) is 0.444. The van der Waals surface area contributed by atoms with Crippen molar-refractivity contribution in [1.82, 2.24) is 14.7 Å². The first-order valence-corrected chi connectivity index (χ1v) is 8.59. The second kappa shape index (κ2) is 6.57. The van der Waals surface area contributed by atoms with Crippen LogP contribution in [-0.2, 0) is 11.2 Å². The van der Waals surface area contributed by atoms with Crippen LogP contribution < -0.4 is 5.73 Å². The minimum Gasteiger partial charge on any atom is -0.341 e. The molecule has 1 amide bonds. The topological polar surface area (TPSA) is 64.2 Å². The van der Waals surface area contributed by atoms with Crippen LogP contribution in [0.4, 0.5) is 0 Å². The predicted octanol–water partition coefficient (Wildman–Crippen LogP) is 2.55. The molecule has 1 aliphatic heterocycles. The van der Waals surface area contributed by atoms with Crippen molar-refractivity contribution in [2.45, 2.75) is 39.7 Å². The van der Waals surface area contributed by atoms with Crippen molar-refractivity contribution in [2.75, 3.05) is 13.1 Å². The molecule has 24 heavy (non-hydrogen) atoms. The van der Waals surface area contributed by atoms with E-state index in [1.54, 1.807) is 0 Å². The van der Waals surface area contributed by atoms with Crippen LogP contribution in [-0.4, -0.2) is 39.7 Å². The van der Waals surface area contributed by atoms with Gasteiger partial charge in [-0.05, 0) is 44.9 Å². The van der Waals surface area contributed by atoms with Crippen LogP contribution >= 0.6 is 11.6 Å². The Morgan fingerprint density at radius 2 is 2.12 bits per heavy atom. The van der Waals surface area contributed by atoms with Crippen LogP contribution in [0.1, 0.15) is 28.9 Å². The predicted molar refractivity (Wildman–Crippen MR) is 95.7 cm³/mol. The summed E-state index contributed by atoms with van der Waals surface area (Å²) in [6, 6.07) is 5.98. The molecule has 2 heterocycles. The van der Waals surface area contributed by atoms with Crippen molar-refractivity contribution >= 4 is 17.5 Å². The number of carbonyl (C=O) groups is 1. The van der Waals surface area contributed by atoms with E-state index in [1.807, 2.05) is 48.6 Å². The summed E-state index contributed by atoms with van der Waals surface area (Å²) in [4.78, 5) is 14.4. The maximum Gasteiger partial charge on any atom is 0.227 e. The van der Waals surface area contributed by atoms with Crippen LogP contribution in [0.2, 0.25) is 5.02 Å². The van der Waals surface area contributed by atoms with E-state index >= 15 is 0 Å². The van der Waals surface area contributed by atoms with Gasteiger partial charge in [-0.25, -0.2) is 4.68 Å². The SMILES string of the molecule is Cc1ccc(-n2nc(C)c(CC(=O)N3CC[C@@H](N)C3)c2C)cc1Cl. The van der Waals surface area contributed by atoms with Gasteiger partial charge >= 0.3 is 0 Å². The van der Waals surface area contributed by atoms with Gasteiger partial charge in [0.15, 0.2) is 0 Å². The standard InChI is InChI=1S/C18H23ClN4O/c1-11-4-5-15(8-17(11)19)23-13(3)16(12(2)21-23)9-18(24)22-7-6-14(20)10-22/h4-5,8,14H,6-7,9-10,20H2,1-3H3/t14-/m1/s1. The second-order valence-electron chi connectivity index (χ2n) is 6.56. The van der Waals surface area contributed by atoms with E-state index < -0.39 is 0 Å². The normalized spacial score (nSPS) is 17.5. The highest BCUT2D eigenvalue weighted by atomic mass is 35.5.